The fourth-order valence-electron chi connectivity index (χ4n) is 3.82. The van der Waals surface area contributed by atoms with E-state index in [0.717, 1.165) is 29.1 Å². The molecule has 7 nitrogen and oxygen atoms in total. The van der Waals surface area contributed by atoms with Crippen molar-refractivity contribution in [2.24, 2.45) is 0 Å². The van der Waals surface area contributed by atoms with Gasteiger partial charge >= 0.3 is 0 Å². The number of ether oxygens (including phenoxy) is 2. The number of carbonyl (C=O) groups is 2. The Kier molecular flexibility index (Phi) is 7.09. The topological polar surface area (TPSA) is 80.8 Å². The van der Waals surface area contributed by atoms with Gasteiger partial charge in [-0.05, 0) is 63.1 Å². The van der Waals surface area contributed by atoms with Gasteiger partial charge in [-0.25, -0.2) is 4.98 Å². The van der Waals surface area contributed by atoms with Gasteiger partial charge in [0.15, 0.2) is 6.10 Å². The average Bonchev–Trinajstić information content (AvgIpc) is 3.28. The van der Waals surface area contributed by atoms with Crippen LogP contribution < -0.4 is 19.7 Å². The van der Waals surface area contributed by atoms with Gasteiger partial charge in [-0.3, -0.25) is 14.5 Å². The number of methoxy groups -OCH3 is 1. The van der Waals surface area contributed by atoms with E-state index < -0.39 is 12.1 Å². The van der Waals surface area contributed by atoms with Crippen molar-refractivity contribution in [1.29, 1.82) is 0 Å². The van der Waals surface area contributed by atoms with Gasteiger partial charge in [-0.15, -0.1) is 11.3 Å². The summed E-state index contributed by atoms with van der Waals surface area (Å²) in [6.07, 6.45) is 1.23. The van der Waals surface area contributed by atoms with E-state index >= 15 is 0 Å². The highest BCUT2D eigenvalue weighted by atomic mass is 35.5. The Labute approximate surface area is 207 Å². The third kappa shape index (κ3) is 4.74. The Morgan fingerprint density at radius 2 is 2.12 bits per heavy atom. The highest BCUT2D eigenvalue weighted by Crippen LogP contribution is 2.39. The second-order valence-electron chi connectivity index (χ2n) is 8.04. The predicted octanol–water partition coefficient (Wildman–Crippen LogP) is 5.57. The number of hydrogen-bond acceptors (Lipinski definition) is 6. The lowest BCUT2D eigenvalue weighted by Crippen LogP contribution is -2.52. The molecule has 0 fully saturated rings. The number of rotatable bonds is 7. The Morgan fingerprint density at radius 3 is 2.85 bits per heavy atom. The summed E-state index contributed by atoms with van der Waals surface area (Å²) in [7, 11) is 1.51. The van der Waals surface area contributed by atoms with Crippen molar-refractivity contribution in [3.63, 3.8) is 0 Å². The first kappa shape index (κ1) is 24.0. The van der Waals surface area contributed by atoms with Crippen LogP contribution in [-0.4, -0.2) is 36.1 Å². The first-order chi connectivity index (χ1) is 16.3. The number of aromatic nitrogens is 1. The Hall–Kier alpha value is -3.10. The van der Waals surface area contributed by atoms with Gasteiger partial charge in [-0.1, -0.05) is 18.5 Å². The molecule has 3 aromatic rings. The average molecular weight is 500 g/mol. The first-order valence-electron chi connectivity index (χ1n) is 11.0. The number of carbonyl (C=O) groups excluding carboxylic acids is 2. The first-order valence-corrected chi connectivity index (χ1v) is 12.3. The number of amides is 2. The van der Waals surface area contributed by atoms with E-state index in [-0.39, 0.29) is 11.8 Å². The number of nitrogens with zero attached hydrogens (tertiary/aromatic N) is 2. The monoisotopic (exact) mass is 499 g/mol. The number of fused-ring (bicyclic) bond motifs is 1. The van der Waals surface area contributed by atoms with E-state index in [1.807, 2.05) is 23.6 Å². The zero-order chi connectivity index (χ0) is 24.4. The molecule has 2 amide bonds. The summed E-state index contributed by atoms with van der Waals surface area (Å²) in [5, 5.41) is 6.37. The van der Waals surface area contributed by atoms with Gasteiger partial charge in [0, 0.05) is 16.0 Å². The number of benzene rings is 2. The van der Waals surface area contributed by atoms with Crippen molar-refractivity contribution in [2.75, 3.05) is 17.3 Å². The summed E-state index contributed by atoms with van der Waals surface area (Å²) in [6, 6.07) is 9.74. The van der Waals surface area contributed by atoms with Crippen LogP contribution in [0, 0.1) is 0 Å². The summed E-state index contributed by atoms with van der Waals surface area (Å²) in [4.78, 5) is 32.6. The minimum absolute atomic E-state index is 0.296. The smallest absolute Gasteiger partial charge is 0.268 e. The molecule has 34 heavy (non-hydrogen) atoms. The number of nitrogens with one attached hydrogen (secondary N) is 1. The van der Waals surface area contributed by atoms with Crippen LogP contribution in [0.5, 0.6) is 11.5 Å². The van der Waals surface area contributed by atoms with Crippen LogP contribution in [0.25, 0.3) is 11.3 Å². The molecule has 178 valence electrons. The van der Waals surface area contributed by atoms with Crippen LogP contribution >= 0.6 is 22.9 Å². The van der Waals surface area contributed by atoms with Crippen molar-refractivity contribution >= 4 is 46.1 Å². The molecule has 0 radical (unpaired) electrons. The van der Waals surface area contributed by atoms with Gasteiger partial charge in [0.25, 0.3) is 5.91 Å². The predicted molar refractivity (Wildman–Crippen MR) is 135 cm³/mol. The van der Waals surface area contributed by atoms with Gasteiger partial charge in [0.2, 0.25) is 5.91 Å². The molecule has 0 bridgehead atoms. The van der Waals surface area contributed by atoms with E-state index in [9.17, 15) is 9.59 Å². The van der Waals surface area contributed by atoms with Crippen LogP contribution in [0.4, 0.5) is 11.4 Å². The maximum atomic E-state index is 13.2. The molecule has 0 saturated heterocycles. The number of aryl methyl sites for hydroxylation is 1. The van der Waals surface area contributed by atoms with E-state index in [2.05, 4.69) is 12.2 Å². The van der Waals surface area contributed by atoms with Gasteiger partial charge in [-0.2, -0.15) is 0 Å². The van der Waals surface area contributed by atoms with Crippen LogP contribution in [-0.2, 0) is 16.0 Å². The Balaban J connectivity index is 1.67. The van der Waals surface area contributed by atoms with Crippen molar-refractivity contribution in [2.45, 2.75) is 45.8 Å². The molecule has 0 saturated carbocycles. The second kappa shape index (κ2) is 10.0. The molecule has 2 atom stereocenters. The lowest BCUT2D eigenvalue weighted by molar-refractivity contribution is -0.128. The molecule has 0 aliphatic carbocycles. The molecule has 1 aromatic heterocycles. The third-order valence-electron chi connectivity index (χ3n) is 5.60. The van der Waals surface area contributed by atoms with Crippen LogP contribution in [0.15, 0.2) is 41.8 Å². The van der Waals surface area contributed by atoms with E-state index in [0.29, 0.717) is 27.9 Å². The summed E-state index contributed by atoms with van der Waals surface area (Å²) >= 11 is 7.71. The molecule has 0 spiro atoms. The third-order valence-corrected chi connectivity index (χ3v) is 6.75. The number of halogens is 1. The quantitative estimate of drug-likeness (QED) is 0.460. The van der Waals surface area contributed by atoms with Crippen LogP contribution in [0.1, 0.15) is 32.2 Å². The molecular weight excluding hydrogens is 474 g/mol. The fourth-order valence-corrected chi connectivity index (χ4v) is 4.91. The maximum absolute atomic E-state index is 13.2. The van der Waals surface area contributed by atoms with E-state index in [1.165, 1.54) is 12.0 Å². The van der Waals surface area contributed by atoms with Gasteiger partial charge in [0.1, 0.15) is 17.5 Å². The van der Waals surface area contributed by atoms with Crippen molar-refractivity contribution < 1.29 is 19.1 Å². The van der Waals surface area contributed by atoms with E-state index in [4.69, 9.17) is 26.1 Å². The summed E-state index contributed by atoms with van der Waals surface area (Å²) in [5.74, 6) is 0.342. The highest BCUT2D eigenvalue weighted by Gasteiger charge is 2.37. The maximum Gasteiger partial charge on any atom is 0.268 e. The summed E-state index contributed by atoms with van der Waals surface area (Å²) in [5.41, 5.74) is 2.66. The largest absolute Gasteiger partial charge is 0.495 e. The minimum Gasteiger partial charge on any atom is -0.495 e. The van der Waals surface area contributed by atoms with Crippen molar-refractivity contribution in [3.05, 3.63) is 51.8 Å². The molecule has 2 aromatic carbocycles. The molecule has 9 heteroatoms. The lowest BCUT2D eigenvalue weighted by Gasteiger charge is -2.36. The summed E-state index contributed by atoms with van der Waals surface area (Å²) in [6.45, 7) is 5.47. The molecule has 1 N–H and O–H groups in total. The molecular formula is C25H26ClN3O4S. The van der Waals surface area contributed by atoms with Crippen LogP contribution in [0.3, 0.4) is 0 Å². The summed E-state index contributed by atoms with van der Waals surface area (Å²) < 4.78 is 11.2. The number of hydrogen-bond donors (Lipinski definition) is 1. The molecule has 2 unspecified atom stereocenters. The SMILES string of the molecule is CCCc1nc(-c2ccc3c(c2)N(C(C)C(=O)Nc2cc(Cl)ccc2OC)C(=O)C(C)O3)cs1. The highest BCUT2D eigenvalue weighted by molar-refractivity contribution is 7.09. The normalized spacial score (nSPS) is 16.0. The number of anilines is 2. The fraction of sp³-hybridized carbons (Fsp3) is 0.320. The van der Waals surface area contributed by atoms with Crippen molar-refractivity contribution in [3.8, 4) is 22.8 Å². The van der Waals surface area contributed by atoms with Crippen LogP contribution in [0.2, 0.25) is 5.02 Å². The zero-order valence-corrected chi connectivity index (χ0v) is 21.0. The lowest BCUT2D eigenvalue weighted by atomic mass is 10.1. The minimum atomic E-state index is -0.817. The molecule has 2 heterocycles. The van der Waals surface area contributed by atoms with Crippen molar-refractivity contribution in [1.82, 2.24) is 4.98 Å². The molecule has 1 aliphatic rings. The standard InChI is InChI=1S/C25H26ClN3O4S/c1-5-6-23-27-19(13-34-23)16-7-9-22-20(11-16)29(25(31)15(3)33-22)14(2)24(30)28-18-12-17(26)8-10-21(18)32-4/h7-15H,5-6H2,1-4H3,(H,28,30). The Bertz CT molecular complexity index is 1230. The van der Waals surface area contributed by atoms with E-state index in [1.54, 1.807) is 43.4 Å². The zero-order valence-electron chi connectivity index (χ0n) is 19.4. The molecule has 4 rings (SSSR count). The van der Waals surface area contributed by atoms with Gasteiger partial charge < -0.3 is 14.8 Å². The second-order valence-corrected chi connectivity index (χ2v) is 9.42. The Morgan fingerprint density at radius 1 is 1.32 bits per heavy atom. The van der Waals surface area contributed by atoms with Gasteiger partial charge in [0.05, 0.1) is 29.2 Å². The molecule has 1 aliphatic heterocycles. The number of thiazole rings is 1.